The van der Waals surface area contributed by atoms with Gasteiger partial charge in [0, 0.05) is 13.1 Å². The number of aromatic nitrogens is 2. The van der Waals surface area contributed by atoms with E-state index in [0.29, 0.717) is 0 Å². The molecular formula is C13H20BrN3O2. The van der Waals surface area contributed by atoms with Gasteiger partial charge in [0.2, 0.25) is 0 Å². The van der Waals surface area contributed by atoms with E-state index >= 15 is 0 Å². The number of nitrogens with zero attached hydrogens (tertiary/aromatic N) is 3. The third-order valence-electron chi connectivity index (χ3n) is 3.04. The Morgan fingerprint density at radius 3 is 2.53 bits per heavy atom. The minimum absolute atomic E-state index is 0.00878. The Balaban J connectivity index is 1.87. The maximum absolute atomic E-state index is 12.0. The molecule has 2 rings (SSSR count). The molecule has 1 aliphatic heterocycles. The standard InChI is InChI=1S/C13H20BrN3O2/c1-13(2,3)19-12(18)10-4-6-16(7-5-10)17-9-11(14)8-15-17/h8-10H,4-7H2,1-3H3. The molecule has 5 nitrogen and oxygen atoms in total. The second kappa shape index (κ2) is 5.53. The number of piperidine rings is 1. The Morgan fingerprint density at radius 2 is 2.05 bits per heavy atom. The number of hydrogen-bond donors (Lipinski definition) is 0. The molecule has 6 heteroatoms. The summed E-state index contributed by atoms with van der Waals surface area (Å²) < 4.78 is 6.39. The SMILES string of the molecule is CC(C)(C)OC(=O)C1CCN(n2cc(Br)cn2)CC1. The van der Waals surface area contributed by atoms with Gasteiger partial charge >= 0.3 is 5.97 Å². The van der Waals surface area contributed by atoms with Gasteiger partial charge in [0.15, 0.2) is 0 Å². The first-order chi connectivity index (χ1) is 8.85. The van der Waals surface area contributed by atoms with Gasteiger partial charge in [-0.1, -0.05) is 0 Å². The number of rotatable bonds is 2. The van der Waals surface area contributed by atoms with Crippen molar-refractivity contribution < 1.29 is 9.53 Å². The topological polar surface area (TPSA) is 47.4 Å². The van der Waals surface area contributed by atoms with Crippen LogP contribution in [0.1, 0.15) is 33.6 Å². The van der Waals surface area contributed by atoms with Crippen LogP contribution < -0.4 is 5.01 Å². The molecule has 0 saturated carbocycles. The van der Waals surface area contributed by atoms with Crippen molar-refractivity contribution in [2.75, 3.05) is 18.1 Å². The first kappa shape index (κ1) is 14.4. The number of esters is 1. The van der Waals surface area contributed by atoms with Crippen molar-refractivity contribution in [1.29, 1.82) is 0 Å². The van der Waals surface area contributed by atoms with Crippen molar-refractivity contribution in [1.82, 2.24) is 9.89 Å². The fraction of sp³-hybridized carbons (Fsp3) is 0.692. The van der Waals surface area contributed by atoms with Gasteiger partial charge in [-0.2, -0.15) is 9.89 Å². The van der Waals surface area contributed by atoms with Crippen LogP contribution in [0.25, 0.3) is 0 Å². The molecule has 0 atom stereocenters. The second-order valence-corrected chi connectivity index (χ2v) is 6.76. The molecular weight excluding hydrogens is 310 g/mol. The van der Waals surface area contributed by atoms with Crippen LogP contribution in [0.4, 0.5) is 0 Å². The van der Waals surface area contributed by atoms with E-state index in [0.717, 1.165) is 30.4 Å². The Labute approximate surface area is 122 Å². The molecule has 1 aliphatic rings. The van der Waals surface area contributed by atoms with Crippen LogP contribution in [0.15, 0.2) is 16.9 Å². The van der Waals surface area contributed by atoms with E-state index in [2.05, 4.69) is 26.0 Å². The lowest BCUT2D eigenvalue weighted by Gasteiger charge is -2.33. The first-order valence-electron chi connectivity index (χ1n) is 6.53. The summed E-state index contributed by atoms with van der Waals surface area (Å²) >= 11 is 3.38. The number of carbonyl (C=O) groups is 1. The first-order valence-corrected chi connectivity index (χ1v) is 7.33. The normalized spacial score (nSPS) is 17.6. The third-order valence-corrected chi connectivity index (χ3v) is 3.45. The molecule has 19 heavy (non-hydrogen) atoms. The molecule has 2 heterocycles. The second-order valence-electron chi connectivity index (χ2n) is 5.84. The monoisotopic (exact) mass is 329 g/mol. The molecule has 106 valence electrons. The third kappa shape index (κ3) is 3.96. The van der Waals surface area contributed by atoms with Gasteiger partial charge in [-0.25, -0.2) is 0 Å². The molecule has 0 bridgehead atoms. The summed E-state index contributed by atoms with van der Waals surface area (Å²) in [4.78, 5) is 13.8. The van der Waals surface area contributed by atoms with E-state index in [1.807, 2.05) is 31.8 Å². The summed E-state index contributed by atoms with van der Waals surface area (Å²) in [6.07, 6.45) is 5.31. The average molecular weight is 330 g/mol. The fourth-order valence-electron chi connectivity index (χ4n) is 2.14. The highest BCUT2D eigenvalue weighted by molar-refractivity contribution is 9.10. The van der Waals surface area contributed by atoms with E-state index < -0.39 is 5.60 Å². The van der Waals surface area contributed by atoms with Gasteiger partial charge in [-0.15, -0.1) is 0 Å². The highest BCUT2D eigenvalue weighted by Gasteiger charge is 2.29. The summed E-state index contributed by atoms with van der Waals surface area (Å²) in [6.45, 7) is 7.35. The predicted molar refractivity (Wildman–Crippen MR) is 76.4 cm³/mol. The molecule has 0 aliphatic carbocycles. The molecule has 1 fully saturated rings. The van der Waals surface area contributed by atoms with Crippen LogP contribution in [-0.4, -0.2) is 34.5 Å². The molecule has 1 aromatic heterocycles. The van der Waals surface area contributed by atoms with Gasteiger partial charge in [0.25, 0.3) is 0 Å². The largest absolute Gasteiger partial charge is 0.460 e. The van der Waals surface area contributed by atoms with Gasteiger partial charge < -0.3 is 4.74 Å². The van der Waals surface area contributed by atoms with E-state index in [9.17, 15) is 4.79 Å². The van der Waals surface area contributed by atoms with E-state index in [1.165, 1.54) is 0 Å². The van der Waals surface area contributed by atoms with Crippen LogP contribution in [0.3, 0.4) is 0 Å². The highest BCUT2D eigenvalue weighted by Crippen LogP contribution is 2.21. The molecule has 0 amide bonds. The lowest BCUT2D eigenvalue weighted by Crippen LogP contribution is -2.44. The van der Waals surface area contributed by atoms with Crippen molar-refractivity contribution in [3.63, 3.8) is 0 Å². The van der Waals surface area contributed by atoms with Crippen LogP contribution in [0.5, 0.6) is 0 Å². The number of carbonyl (C=O) groups excluding carboxylic acids is 1. The smallest absolute Gasteiger partial charge is 0.309 e. The van der Waals surface area contributed by atoms with Gasteiger partial charge in [-0.05, 0) is 49.5 Å². The number of halogens is 1. The maximum Gasteiger partial charge on any atom is 0.309 e. The Bertz CT molecular complexity index is 445. The highest BCUT2D eigenvalue weighted by atomic mass is 79.9. The van der Waals surface area contributed by atoms with Crippen LogP contribution in [-0.2, 0) is 9.53 Å². The minimum Gasteiger partial charge on any atom is -0.460 e. The van der Waals surface area contributed by atoms with Gasteiger partial charge in [0.05, 0.1) is 22.8 Å². The Kier molecular flexibility index (Phi) is 4.18. The van der Waals surface area contributed by atoms with Crippen LogP contribution >= 0.6 is 15.9 Å². The van der Waals surface area contributed by atoms with Gasteiger partial charge in [0.1, 0.15) is 5.60 Å². The summed E-state index contributed by atoms with van der Waals surface area (Å²) in [5.74, 6) is -0.0664. The zero-order valence-electron chi connectivity index (χ0n) is 11.6. The number of ether oxygens (including phenoxy) is 1. The van der Waals surface area contributed by atoms with Crippen molar-refractivity contribution in [2.45, 2.75) is 39.2 Å². The van der Waals surface area contributed by atoms with Crippen LogP contribution in [0.2, 0.25) is 0 Å². The lowest BCUT2D eigenvalue weighted by atomic mass is 9.97. The molecule has 0 radical (unpaired) electrons. The molecule has 0 spiro atoms. The molecule has 0 aromatic carbocycles. The quantitative estimate of drug-likeness (QED) is 0.781. The minimum atomic E-state index is -0.402. The van der Waals surface area contributed by atoms with E-state index in [1.54, 1.807) is 6.20 Å². The van der Waals surface area contributed by atoms with Crippen molar-refractivity contribution in [3.05, 3.63) is 16.9 Å². The zero-order chi connectivity index (χ0) is 14.0. The van der Waals surface area contributed by atoms with Crippen molar-refractivity contribution in [2.24, 2.45) is 5.92 Å². The average Bonchev–Trinajstić information content (AvgIpc) is 2.74. The molecule has 0 unspecified atom stereocenters. The summed E-state index contributed by atoms with van der Waals surface area (Å²) in [5, 5.41) is 6.38. The Morgan fingerprint density at radius 1 is 1.42 bits per heavy atom. The fourth-order valence-corrected chi connectivity index (χ4v) is 2.41. The molecule has 1 saturated heterocycles. The molecule has 0 N–H and O–H groups in total. The van der Waals surface area contributed by atoms with Crippen molar-refractivity contribution >= 4 is 21.9 Å². The van der Waals surface area contributed by atoms with Gasteiger partial charge in [-0.3, -0.25) is 9.80 Å². The molecule has 1 aromatic rings. The zero-order valence-corrected chi connectivity index (χ0v) is 13.2. The lowest BCUT2D eigenvalue weighted by molar-refractivity contribution is -0.160. The van der Waals surface area contributed by atoms with E-state index in [-0.39, 0.29) is 11.9 Å². The summed E-state index contributed by atoms with van der Waals surface area (Å²) in [7, 11) is 0. The summed E-state index contributed by atoms with van der Waals surface area (Å²) in [5.41, 5.74) is -0.402. The van der Waals surface area contributed by atoms with Crippen LogP contribution in [0, 0.1) is 5.92 Å². The van der Waals surface area contributed by atoms with Crippen molar-refractivity contribution in [3.8, 4) is 0 Å². The Hall–Kier alpha value is -1.04. The number of hydrogen-bond acceptors (Lipinski definition) is 4. The predicted octanol–water partition coefficient (Wildman–Crippen LogP) is 2.34. The van der Waals surface area contributed by atoms with E-state index in [4.69, 9.17) is 4.74 Å². The maximum atomic E-state index is 12.0. The summed E-state index contributed by atoms with van der Waals surface area (Å²) in [6, 6.07) is 0.